The number of piperidine rings is 1. The number of anilines is 3. The molecule has 0 unspecified atom stereocenters. The van der Waals surface area contributed by atoms with E-state index in [-0.39, 0.29) is 5.41 Å². The normalized spacial score (nSPS) is 16.2. The van der Waals surface area contributed by atoms with Crippen LogP contribution in [0, 0.1) is 5.92 Å². The number of nitrogens with zero attached hydrogens (tertiary/aromatic N) is 4. The maximum absolute atomic E-state index is 4.68. The first-order valence-corrected chi connectivity index (χ1v) is 8.74. The highest BCUT2D eigenvalue weighted by Gasteiger charge is 2.20. The molecule has 0 atom stereocenters. The maximum Gasteiger partial charge on any atom is 0.249 e. The molecule has 0 amide bonds. The van der Waals surface area contributed by atoms with Crippen LogP contribution >= 0.6 is 0 Å². The van der Waals surface area contributed by atoms with Crippen molar-refractivity contribution >= 4 is 17.5 Å². The molecule has 1 aliphatic rings. The number of nitrogens with one attached hydrogen (secondary N) is 1. The van der Waals surface area contributed by atoms with Crippen LogP contribution in [0.25, 0.3) is 0 Å². The molecule has 0 spiro atoms. The van der Waals surface area contributed by atoms with Crippen LogP contribution in [0.1, 0.15) is 46.1 Å². The van der Waals surface area contributed by atoms with Gasteiger partial charge in [0.05, 0.1) is 6.20 Å². The van der Waals surface area contributed by atoms with E-state index >= 15 is 0 Å². The van der Waals surface area contributed by atoms with Gasteiger partial charge in [0.1, 0.15) is 0 Å². The van der Waals surface area contributed by atoms with Gasteiger partial charge in [0.15, 0.2) is 5.82 Å². The molecule has 3 rings (SSSR count). The molecule has 0 saturated carbocycles. The zero-order chi connectivity index (χ0) is 17.2. The summed E-state index contributed by atoms with van der Waals surface area (Å²) >= 11 is 0. The van der Waals surface area contributed by atoms with Gasteiger partial charge in [-0.2, -0.15) is 10.1 Å². The lowest BCUT2D eigenvalue weighted by Crippen LogP contribution is -2.33. The first kappa shape index (κ1) is 16.7. The maximum atomic E-state index is 4.68. The van der Waals surface area contributed by atoms with Crippen molar-refractivity contribution in [3.05, 3.63) is 36.0 Å². The molecular formula is C19H27N5. The van der Waals surface area contributed by atoms with Gasteiger partial charge in [0.2, 0.25) is 5.95 Å². The summed E-state index contributed by atoms with van der Waals surface area (Å²) in [4.78, 5) is 6.98. The third-order valence-electron chi connectivity index (χ3n) is 4.64. The van der Waals surface area contributed by atoms with Gasteiger partial charge >= 0.3 is 0 Å². The van der Waals surface area contributed by atoms with Gasteiger partial charge in [-0.25, -0.2) is 0 Å². The summed E-state index contributed by atoms with van der Waals surface area (Å²) in [6, 6.07) is 8.31. The second-order valence-corrected chi connectivity index (χ2v) is 7.73. The summed E-state index contributed by atoms with van der Waals surface area (Å²) in [6.45, 7) is 11.0. The number of hydrogen-bond donors (Lipinski definition) is 1. The van der Waals surface area contributed by atoms with Crippen molar-refractivity contribution in [1.29, 1.82) is 0 Å². The lowest BCUT2D eigenvalue weighted by atomic mass is 9.86. The van der Waals surface area contributed by atoms with Crippen LogP contribution in [0.3, 0.4) is 0 Å². The van der Waals surface area contributed by atoms with Gasteiger partial charge in [-0.1, -0.05) is 45.9 Å². The predicted molar refractivity (Wildman–Crippen MR) is 98.9 cm³/mol. The Labute approximate surface area is 144 Å². The zero-order valence-corrected chi connectivity index (χ0v) is 15.1. The topological polar surface area (TPSA) is 53.9 Å². The first-order chi connectivity index (χ1) is 11.4. The quantitative estimate of drug-likeness (QED) is 0.919. The van der Waals surface area contributed by atoms with Gasteiger partial charge in [-0.05, 0) is 35.8 Å². The Morgan fingerprint density at radius 2 is 1.83 bits per heavy atom. The monoisotopic (exact) mass is 325 g/mol. The molecule has 1 aromatic carbocycles. The third kappa shape index (κ3) is 3.83. The van der Waals surface area contributed by atoms with Crippen LogP contribution in [0.4, 0.5) is 17.5 Å². The Balaban J connectivity index is 1.81. The van der Waals surface area contributed by atoms with Gasteiger partial charge < -0.3 is 10.2 Å². The summed E-state index contributed by atoms with van der Waals surface area (Å²) in [5.74, 6) is 2.27. The molecule has 5 heteroatoms. The van der Waals surface area contributed by atoms with E-state index in [0.29, 0.717) is 5.95 Å². The van der Waals surface area contributed by atoms with Crippen LogP contribution in [-0.4, -0.2) is 28.3 Å². The van der Waals surface area contributed by atoms with Gasteiger partial charge in [0, 0.05) is 18.8 Å². The van der Waals surface area contributed by atoms with Crippen LogP contribution in [0.2, 0.25) is 0 Å². The minimum atomic E-state index is 0.0532. The van der Waals surface area contributed by atoms with E-state index in [0.717, 1.165) is 30.5 Å². The fourth-order valence-electron chi connectivity index (χ4n) is 3.10. The summed E-state index contributed by atoms with van der Waals surface area (Å²) in [6.07, 6.45) is 4.18. The Kier molecular flexibility index (Phi) is 4.69. The summed E-state index contributed by atoms with van der Waals surface area (Å²) < 4.78 is 0. The van der Waals surface area contributed by atoms with Crippen molar-refractivity contribution in [1.82, 2.24) is 15.2 Å². The average molecular weight is 325 g/mol. The molecule has 1 fully saturated rings. The summed E-state index contributed by atoms with van der Waals surface area (Å²) in [5.41, 5.74) is 2.33. The van der Waals surface area contributed by atoms with Crippen LogP contribution < -0.4 is 10.2 Å². The van der Waals surface area contributed by atoms with Crippen LogP contribution in [0.15, 0.2) is 30.5 Å². The average Bonchev–Trinajstić information content (AvgIpc) is 2.55. The molecule has 5 nitrogen and oxygen atoms in total. The molecule has 1 saturated heterocycles. The fraction of sp³-hybridized carbons (Fsp3) is 0.526. The van der Waals surface area contributed by atoms with Gasteiger partial charge in [0.25, 0.3) is 0 Å². The van der Waals surface area contributed by atoms with Crippen LogP contribution in [0.5, 0.6) is 0 Å². The van der Waals surface area contributed by atoms with Gasteiger partial charge in [-0.3, -0.25) is 0 Å². The molecule has 0 radical (unpaired) electrons. The first-order valence-electron chi connectivity index (χ1n) is 8.74. The molecule has 128 valence electrons. The summed E-state index contributed by atoms with van der Waals surface area (Å²) in [7, 11) is 0. The molecule has 2 aromatic rings. The molecule has 1 N–H and O–H groups in total. The number of benzene rings is 1. The SMILES string of the molecule is CC1CCN(c2cnnc(Nc3ccccc3C(C)(C)C)n2)CC1. The number of aromatic nitrogens is 3. The molecule has 0 aliphatic carbocycles. The highest BCUT2D eigenvalue weighted by Crippen LogP contribution is 2.30. The second-order valence-electron chi connectivity index (χ2n) is 7.73. The number of hydrogen-bond acceptors (Lipinski definition) is 5. The van der Waals surface area contributed by atoms with Crippen molar-refractivity contribution < 1.29 is 0 Å². The number of rotatable bonds is 3. The van der Waals surface area contributed by atoms with Gasteiger partial charge in [-0.15, -0.1) is 5.10 Å². The Hall–Kier alpha value is -2.17. The Bertz CT molecular complexity index is 684. The van der Waals surface area contributed by atoms with E-state index in [2.05, 4.69) is 71.3 Å². The zero-order valence-electron chi connectivity index (χ0n) is 15.1. The van der Waals surface area contributed by atoms with Crippen molar-refractivity contribution in [2.75, 3.05) is 23.3 Å². The van der Waals surface area contributed by atoms with Crippen molar-refractivity contribution in [3.63, 3.8) is 0 Å². The minimum Gasteiger partial charge on any atom is -0.355 e. The fourth-order valence-corrected chi connectivity index (χ4v) is 3.10. The lowest BCUT2D eigenvalue weighted by Gasteiger charge is -2.30. The minimum absolute atomic E-state index is 0.0532. The standard InChI is InChI=1S/C19H27N5/c1-14-9-11-24(12-10-14)17-13-20-23-18(22-17)21-16-8-6-5-7-15(16)19(2,3)4/h5-8,13-14H,9-12H2,1-4H3,(H,21,22,23). The Morgan fingerprint density at radius 3 is 2.54 bits per heavy atom. The lowest BCUT2D eigenvalue weighted by molar-refractivity contribution is 0.436. The molecule has 24 heavy (non-hydrogen) atoms. The number of para-hydroxylation sites is 1. The van der Waals surface area contributed by atoms with E-state index in [1.807, 2.05) is 6.07 Å². The van der Waals surface area contributed by atoms with Crippen molar-refractivity contribution in [3.8, 4) is 0 Å². The molecule has 1 aromatic heterocycles. The van der Waals surface area contributed by atoms with E-state index in [9.17, 15) is 0 Å². The van der Waals surface area contributed by atoms with E-state index < -0.39 is 0 Å². The third-order valence-corrected chi connectivity index (χ3v) is 4.64. The van der Waals surface area contributed by atoms with E-state index in [1.165, 1.54) is 18.4 Å². The summed E-state index contributed by atoms with van der Waals surface area (Å²) in [5, 5.41) is 11.7. The second kappa shape index (κ2) is 6.75. The molecule has 0 bridgehead atoms. The molecule has 1 aliphatic heterocycles. The van der Waals surface area contributed by atoms with E-state index in [1.54, 1.807) is 6.20 Å². The highest BCUT2D eigenvalue weighted by molar-refractivity contribution is 5.61. The smallest absolute Gasteiger partial charge is 0.249 e. The molecular weight excluding hydrogens is 298 g/mol. The molecule has 2 heterocycles. The predicted octanol–water partition coefficient (Wildman–Crippen LogP) is 4.15. The van der Waals surface area contributed by atoms with Crippen molar-refractivity contribution in [2.45, 2.75) is 46.0 Å². The van der Waals surface area contributed by atoms with E-state index in [4.69, 9.17) is 0 Å². The van der Waals surface area contributed by atoms with Crippen LogP contribution in [-0.2, 0) is 5.41 Å². The highest BCUT2D eigenvalue weighted by atomic mass is 15.3. The largest absolute Gasteiger partial charge is 0.355 e. The van der Waals surface area contributed by atoms with Crippen molar-refractivity contribution in [2.24, 2.45) is 5.92 Å². The Morgan fingerprint density at radius 1 is 1.12 bits per heavy atom.